The van der Waals surface area contributed by atoms with Gasteiger partial charge in [-0.05, 0) is 50.4 Å². The maximum absolute atomic E-state index is 12.2. The van der Waals surface area contributed by atoms with Gasteiger partial charge in [0.2, 0.25) is 5.91 Å². The number of rotatable bonds is 5. The van der Waals surface area contributed by atoms with E-state index >= 15 is 0 Å². The monoisotopic (exact) mass is 364 g/mol. The van der Waals surface area contributed by atoms with Crippen molar-refractivity contribution < 1.29 is 4.79 Å². The Morgan fingerprint density at radius 1 is 1.15 bits per heavy atom. The molecule has 0 atom stereocenters. The van der Waals surface area contributed by atoms with Gasteiger partial charge in [-0.3, -0.25) is 4.79 Å². The molecule has 0 aliphatic heterocycles. The Bertz CT molecular complexity index is 930. The molecule has 0 fully saturated rings. The lowest BCUT2D eigenvalue weighted by Crippen LogP contribution is -2.08. The van der Waals surface area contributed by atoms with Crippen LogP contribution in [0, 0.1) is 13.8 Å². The largest absolute Gasteiger partial charge is 0.321 e. The summed E-state index contributed by atoms with van der Waals surface area (Å²) in [6, 6.07) is 13.7. The summed E-state index contributed by atoms with van der Waals surface area (Å²) in [7, 11) is 0. The summed E-state index contributed by atoms with van der Waals surface area (Å²) in [5, 5.41) is 8.31. The smallest absolute Gasteiger partial charge is 0.248 e. The van der Waals surface area contributed by atoms with Crippen molar-refractivity contribution in [1.29, 1.82) is 0 Å². The van der Waals surface area contributed by atoms with Gasteiger partial charge in [0.05, 0.1) is 28.3 Å². The van der Waals surface area contributed by atoms with E-state index in [-0.39, 0.29) is 5.91 Å². The summed E-state index contributed by atoms with van der Waals surface area (Å²) in [5.41, 5.74) is 4.48. The molecule has 1 amide bonds. The van der Waals surface area contributed by atoms with Crippen LogP contribution in [0.3, 0.4) is 0 Å². The molecule has 3 rings (SSSR count). The molecule has 26 heavy (non-hydrogen) atoms. The van der Waals surface area contributed by atoms with Crippen LogP contribution in [-0.2, 0) is 4.79 Å². The number of para-hydroxylation sites is 1. The number of aromatic nitrogens is 3. The lowest BCUT2D eigenvalue weighted by Gasteiger charge is -2.04. The average Bonchev–Trinajstić information content (AvgIpc) is 2.95. The average molecular weight is 364 g/mol. The molecule has 0 spiro atoms. The van der Waals surface area contributed by atoms with Crippen LogP contribution in [0.2, 0.25) is 0 Å². The van der Waals surface area contributed by atoms with Gasteiger partial charge in [0.25, 0.3) is 0 Å². The summed E-state index contributed by atoms with van der Waals surface area (Å²) < 4.78 is 1.89. The standard InChI is InChI=1S/C20H20N4OS/c1-14-18(15(2)24(23-14)17-7-5-4-6-8-17)10-11-19(25)22-16-9-12-20(26-3)21-13-16/h4-13H,1-3H3,(H,22,25)/b11-10+. The summed E-state index contributed by atoms with van der Waals surface area (Å²) >= 11 is 1.56. The quantitative estimate of drug-likeness (QED) is 0.543. The molecular formula is C20H20N4OS. The van der Waals surface area contributed by atoms with Gasteiger partial charge in [0.1, 0.15) is 0 Å². The van der Waals surface area contributed by atoms with Gasteiger partial charge in [-0.2, -0.15) is 5.10 Å². The predicted molar refractivity (Wildman–Crippen MR) is 107 cm³/mol. The molecule has 0 radical (unpaired) electrons. The zero-order valence-corrected chi connectivity index (χ0v) is 15.7. The summed E-state index contributed by atoms with van der Waals surface area (Å²) in [6.07, 6.45) is 6.94. The Hall–Kier alpha value is -2.86. The van der Waals surface area contributed by atoms with Crippen LogP contribution >= 0.6 is 11.8 Å². The van der Waals surface area contributed by atoms with Crippen molar-refractivity contribution in [1.82, 2.24) is 14.8 Å². The Balaban J connectivity index is 1.75. The molecule has 0 aliphatic carbocycles. The number of amides is 1. The van der Waals surface area contributed by atoms with Gasteiger partial charge < -0.3 is 5.32 Å². The van der Waals surface area contributed by atoms with Crippen molar-refractivity contribution >= 4 is 29.4 Å². The van der Waals surface area contributed by atoms with Crippen molar-refractivity contribution in [2.24, 2.45) is 0 Å². The van der Waals surface area contributed by atoms with E-state index in [0.29, 0.717) is 5.69 Å². The zero-order chi connectivity index (χ0) is 18.5. The molecule has 0 aliphatic rings. The molecule has 132 valence electrons. The Morgan fingerprint density at radius 2 is 1.92 bits per heavy atom. The zero-order valence-electron chi connectivity index (χ0n) is 14.9. The summed E-state index contributed by atoms with van der Waals surface area (Å²) in [4.78, 5) is 16.4. The fraction of sp³-hybridized carbons (Fsp3) is 0.150. The van der Waals surface area contributed by atoms with Crippen LogP contribution in [0.4, 0.5) is 5.69 Å². The molecule has 2 aromatic heterocycles. The molecule has 0 saturated heterocycles. The second kappa shape index (κ2) is 8.01. The second-order valence-electron chi connectivity index (χ2n) is 5.74. The van der Waals surface area contributed by atoms with Gasteiger partial charge >= 0.3 is 0 Å². The third-order valence-corrected chi connectivity index (χ3v) is 4.62. The number of nitrogens with one attached hydrogen (secondary N) is 1. The van der Waals surface area contributed by atoms with Crippen LogP contribution in [0.1, 0.15) is 17.0 Å². The number of benzene rings is 1. The fourth-order valence-corrected chi connectivity index (χ4v) is 3.00. The highest BCUT2D eigenvalue weighted by Crippen LogP contribution is 2.19. The molecule has 0 unspecified atom stereocenters. The minimum atomic E-state index is -0.199. The van der Waals surface area contributed by atoms with Crippen LogP contribution in [0.5, 0.6) is 0 Å². The second-order valence-corrected chi connectivity index (χ2v) is 6.57. The summed E-state index contributed by atoms with van der Waals surface area (Å²) in [6.45, 7) is 3.94. The van der Waals surface area contributed by atoms with Gasteiger partial charge in [0, 0.05) is 17.3 Å². The normalized spacial score (nSPS) is 11.0. The van der Waals surface area contributed by atoms with Gasteiger partial charge in [-0.25, -0.2) is 9.67 Å². The van der Waals surface area contributed by atoms with Crippen molar-refractivity contribution in [3.05, 3.63) is 71.7 Å². The first kappa shape index (κ1) is 17.9. The first-order valence-corrected chi connectivity index (χ1v) is 9.41. The van der Waals surface area contributed by atoms with Crippen molar-refractivity contribution in [3.8, 4) is 5.69 Å². The van der Waals surface area contributed by atoms with E-state index in [4.69, 9.17) is 0 Å². The van der Waals surface area contributed by atoms with Crippen LogP contribution in [0.15, 0.2) is 59.8 Å². The lowest BCUT2D eigenvalue weighted by molar-refractivity contribution is -0.111. The Morgan fingerprint density at radius 3 is 2.58 bits per heavy atom. The first-order chi connectivity index (χ1) is 12.6. The highest BCUT2D eigenvalue weighted by molar-refractivity contribution is 7.98. The number of anilines is 1. The Labute approximate surface area is 157 Å². The molecule has 5 nitrogen and oxygen atoms in total. The number of nitrogens with zero attached hydrogens (tertiary/aromatic N) is 3. The molecular weight excluding hydrogens is 344 g/mol. The van der Waals surface area contributed by atoms with E-state index < -0.39 is 0 Å². The predicted octanol–water partition coefficient (Wildman–Crippen LogP) is 4.26. The van der Waals surface area contributed by atoms with E-state index in [1.807, 2.05) is 67.2 Å². The highest BCUT2D eigenvalue weighted by atomic mass is 32.2. The topological polar surface area (TPSA) is 59.8 Å². The van der Waals surface area contributed by atoms with Crippen molar-refractivity contribution in [3.63, 3.8) is 0 Å². The number of pyridine rings is 1. The minimum Gasteiger partial charge on any atom is -0.321 e. The summed E-state index contributed by atoms with van der Waals surface area (Å²) in [5.74, 6) is -0.199. The molecule has 3 aromatic rings. The van der Waals surface area contributed by atoms with E-state index in [2.05, 4.69) is 15.4 Å². The maximum Gasteiger partial charge on any atom is 0.248 e. The molecule has 0 bridgehead atoms. The van der Waals surface area contributed by atoms with E-state index in [1.165, 1.54) is 6.08 Å². The molecule has 1 aromatic carbocycles. The molecule has 2 heterocycles. The van der Waals surface area contributed by atoms with E-state index in [1.54, 1.807) is 24.0 Å². The third kappa shape index (κ3) is 4.03. The third-order valence-electron chi connectivity index (χ3n) is 3.96. The van der Waals surface area contributed by atoms with Gasteiger partial charge in [0.15, 0.2) is 0 Å². The minimum absolute atomic E-state index is 0.199. The van der Waals surface area contributed by atoms with Crippen molar-refractivity contribution in [2.45, 2.75) is 18.9 Å². The van der Waals surface area contributed by atoms with Crippen molar-refractivity contribution in [2.75, 3.05) is 11.6 Å². The molecule has 6 heteroatoms. The number of hydrogen-bond acceptors (Lipinski definition) is 4. The number of aryl methyl sites for hydroxylation is 1. The van der Waals surface area contributed by atoms with Crippen LogP contribution in [-0.4, -0.2) is 26.9 Å². The number of carbonyl (C=O) groups excluding carboxylic acids is 1. The SMILES string of the molecule is CSc1ccc(NC(=O)/C=C/c2c(C)nn(-c3ccccc3)c2C)cn1. The van der Waals surface area contributed by atoms with Gasteiger partial charge in [-0.1, -0.05) is 18.2 Å². The number of hydrogen-bond donors (Lipinski definition) is 1. The molecule has 0 saturated carbocycles. The number of thioether (sulfide) groups is 1. The van der Waals surface area contributed by atoms with E-state index in [0.717, 1.165) is 27.7 Å². The fourth-order valence-electron chi connectivity index (χ4n) is 2.63. The number of carbonyl (C=O) groups is 1. The highest BCUT2D eigenvalue weighted by Gasteiger charge is 2.10. The Kier molecular flexibility index (Phi) is 5.53. The van der Waals surface area contributed by atoms with E-state index in [9.17, 15) is 4.79 Å². The van der Waals surface area contributed by atoms with Crippen LogP contribution in [0.25, 0.3) is 11.8 Å². The lowest BCUT2D eigenvalue weighted by atomic mass is 10.2. The van der Waals surface area contributed by atoms with Crippen LogP contribution < -0.4 is 5.32 Å². The first-order valence-electron chi connectivity index (χ1n) is 8.19. The molecule has 1 N–H and O–H groups in total. The van der Waals surface area contributed by atoms with Gasteiger partial charge in [-0.15, -0.1) is 11.8 Å². The maximum atomic E-state index is 12.2.